The summed E-state index contributed by atoms with van der Waals surface area (Å²) in [7, 11) is 0. The zero-order chi connectivity index (χ0) is 14.8. The van der Waals surface area contributed by atoms with Crippen LogP contribution in [-0.4, -0.2) is 39.7 Å². The Kier molecular flexibility index (Phi) is 3.76. The zero-order valence-electron chi connectivity index (χ0n) is 12.6. The van der Waals surface area contributed by atoms with Crippen molar-refractivity contribution in [1.29, 1.82) is 0 Å². The van der Waals surface area contributed by atoms with Crippen molar-refractivity contribution >= 4 is 5.82 Å². The van der Waals surface area contributed by atoms with Crippen LogP contribution in [0.2, 0.25) is 0 Å². The van der Waals surface area contributed by atoms with Gasteiger partial charge in [0.25, 0.3) is 0 Å². The van der Waals surface area contributed by atoms with Gasteiger partial charge >= 0.3 is 0 Å². The van der Waals surface area contributed by atoms with E-state index in [2.05, 4.69) is 25.3 Å². The third-order valence-electron chi connectivity index (χ3n) is 4.39. The van der Waals surface area contributed by atoms with E-state index < -0.39 is 0 Å². The summed E-state index contributed by atoms with van der Waals surface area (Å²) in [5.74, 6) is 3.83. The fraction of sp³-hybridized carbons (Fsp3) is 0.562. The summed E-state index contributed by atoms with van der Waals surface area (Å²) in [4.78, 5) is 11.2. The summed E-state index contributed by atoms with van der Waals surface area (Å²) in [6.07, 6.45) is 5.44. The molecule has 0 unspecified atom stereocenters. The topological polar surface area (TPSA) is 67.1 Å². The van der Waals surface area contributed by atoms with Gasteiger partial charge in [0.2, 0.25) is 5.89 Å². The van der Waals surface area contributed by atoms with Gasteiger partial charge in [-0.3, -0.25) is 4.90 Å². The third-order valence-corrected chi connectivity index (χ3v) is 4.39. The molecule has 116 valence electrons. The van der Waals surface area contributed by atoms with Gasteiger partial charge in [0.15, 0.2) is 5.82 Å². The highest BCUT2D eigenvalue weighted by Crippen LogP contribution is 2.38. The van der Waals surface area contributed by atoms with Gasteiger partial charge in [-0.25, -0.2) is 4.98 Å². The highest BCUT2D eigenvalue weighted by atomic mass is 16.5. The number of hydrogen-bond donors (Lipinski definition) is 1. The maximum Gasteiger partial charge on any atom is 0.240 e. The SMILES string of the molecule is c1ccc(NC[C@H]2CCN(Cc3nc(C4CC4)no3)C2)nc1. The van der Waals surface area contributed by atoms with Crippen LogP contribution in [0.4, 0.5) is 5.82 Å². The average molecular weight is 299 g/mol. The molecule has 2 aliphatic rings. The van der Waals surface area contributed by atoms with E-state index in [-0.39, 0.29) is 0 Å². The lowest BCUT2D eigenvalue weighted by Gasteiger charge is -2.14. The molecule has 1 aliphatic heterocycles. The predicted octanol–water partition coefficient (Wildman–Crippen LogP) is 2.28. The fourth-order valence-electron chi connectivity index (χ4n) is 2.97. The van der Waals surface area contributed by atoms with E-state index in [9.17, 15) is 0 Å². The Bertz CT molecular complexity index is 610. The van der Waals surface area contributed by atoms with E-state index in [0.29, 0.717) is 11.8 Å². The third kappa shape index (κ3) is 3.27. The van der Waals surface area contributed by atoms with Crippen LogP contribution in [0.1, 0.15) is 36.9 Å². The fourth-order valence-corrected chi connectivity index (χ4v) is 2.97. The maximum absolute atomic E-state index is 5.36. The number of pyridine rings is 1. The Morgan fingerprint density at radius 3 is 3.05 bits per heavy atom. The number of hydrogen-bond acceptors (Lipinski definition) is 6. The number of aromatic nitrogens is 3. The second-order valence-corrected chi connectivity index (χ2v) is 6.31. The molecule has 4 rings (SSSR count). The first kappa shape index (κ1) is 13.7. The minimum absolute atomic E-state index is 0.561. The maximum atomic E-state index is 5.36. The van der Waals surface area contributed by atoms with Crippen molar-refractivity contribution in [3.8, 4) is 0 Å². The Hall–Kier alpha value is -1.95. The molecule has 1 atom stereocenters. The molecule has 0 amide bonds. The lowest BCUT2D eigenvalue weighted by Crippen LogP contribution is -2.23. The molecule has 2 aromatic heterocycles. The van der Waals surface area contributed by atoms with Gasteiger partial charge in [0, 0.05) is 25.2 Å². The van der Waals surface area contributed by atoms with Crippen LogP contribution in [0.5, 0.6) is 0 Å². The molecule has 6 heteroatoms. The van der Waals surface area contributed by atoms with E-state index >= 15 is 0 Å². The Morgan fingerprint density at radius 2 is 2.23 bits per heavy atom. The van der Waals surface area contributed by atoms with E-state index in [1.807, 2.05) is 24.4 Å². The van der Waals surface area contributed by atoms with Crippen LogP contribution in [-0.2, 0) is 6.54 Å². The zero-order valence-corrected chi connectivity index (χ0v) is 12.6. The number of nitrogens with zero attached hydrogens (tertiary/aromatic N) is 4. The molecule has 1 aliphatic carbocycles. The van der Waals surface area contributed by atoms with Crippen molar-refractivity contribution < 1.29 is 4.52 Å². The molecule has 0 aromatic carbocycles. The largest absolute Gasteiger partial charge is 0.370 e. The molecule has 6 nitrogen and oxygen atoms in total. The van der Waals surface area contributed by atoms with Gasteiger partial charge in [-0.2, -0.15) is 4.98 Å². The van der Waals surface area contributed by atoms with E-state index in [0.717, 1.165) is 43.7 Å². The molecule has 0 bridgehead atoms. The standard InChI is InChI=1S/C16H21N5O/c1-2-7-17-14(3-1)18-9-12-6-8-21(10-12)11-15-19-16(20-22-15)13-4-5-13/h1-3,7,12-13H,4-6,8-11H2,(H,17,18)/t12-/m1/s1. The van der Waals surface area contributed by atoms with Crippen LogP contribution < -0.4 is 5.32 Å². The molecule has 2 aromatic rings. The monoisotopic (exact) mass is 299 g/mol. The molecule has 0 spiro atoms. The highest BCUT2D eigenvalue weighted by Gasteiger charge is 2.29. The molecule has 1 N–H and O–H groups in total. The first-order chi connectivity index (χ1) is 10.9. The number of nitrogens with one attached hydrogen (secondary N) is 1. The van der Waals surface area contributed by atoms with Gasteiger partial charge in [-0.05, 0) is 43.9 Å². The number of likely N-dealkylation sites (tertiary alicyclic amines) is 1. The molecule has 3 heterocycles. The second-order valence-electron chi connectivity index (χ2n) is 6.31. The Morgan fingerprint density at radius 1 is 1.27 bits per heavy atom. The Labute approximate surface area is 129 Å². The average Bonchev–Trinajstić information content (AvgIpc) is 3.14. The summed E-state index contributed by atoms with van der Waals surface area (Å²) in [5.41, 5.74) is 0. The van der Waals surface area contributed by atoms with Crippen molar-refractivity contribution in [2.75, 3.05) is 25.0 Å². The molecule has 1 saturated heterocycles. The molecule has 0 radical (unpaired) electrons. The van der Waals surface area contributed by atoms with Crippen molar-refractivity contribution in [2.45, 2.75) is 31.7 Å². The molecule has 2 fully saturated rings. The number of anilines is 1. The van der Waals surface area contributed by atoms with Crippen LogP contribution in [0, 0.1) is 5.92 Å². The van der Waals surface area contributed by atoms with Crippen molar-refractivity contribution in [3.63, 3.8) is 0 Å². The van der Waals surface area contributed by atoms with E-state index in [4.69, 9.17) is 4.52 Å². The minimum atomic E-state index is 0.561. The summed E-state index contributed by atoms with van der Waals surface area (Å²) in [6.45, 7) is 3.90. The van der Waals surface area contributed by atoms with E-state index in [1.54, 1.807) is 0 Å². The van der Waals surface area contributed by atoms with Crippen LogP contribution in [0.25, 0.3) is 0 Å². The molecular formula is C16H21N5O. The Balaban J connectivity index is 1.25. The summed E-state index contributed by atoms with van der Waals surface area (Å²) >= 11 is 0. The summed E-state index contributed by atoms with van der Waals surface area (Å²) in [6, 6.07) is 5.94. The summed E-state index contributed by atoms with van der Waals surface area (Å²) in [5, 5.41) is 7.49. The lowest BCUT2D eigenvalue weighted by molar-refractivity contribution is 0.261. The summed E-state index contributed by atoms with van der Waals surface area (Å²) < 4.78 is 5.36. The van der Waals surface area contributed by atoms with Gasteiger partial charge in [-0.1, -0.05) is 11.2 Å². The van der Waals surface area contributed by atoms with Crippen molar-refractivity contribution in [3.05, 3.63) is 36.1 Å². The predicted molar refractivity (Wildman–Crippen MR) is 82.4 cm³/mol. The van der Waals surface area contributed by atoms with Gasteiger partial charge in [0.1, 0.15) is 5.82 Å². The highest BCUT2D eigenvalue weighted by molar-refractivity contribution is 5.33. The van der Waals surface area contributed by atoms with Crippen molar-refractivity contribution in [2.24, 2.45) is 5.92 Å². The lowest BCUT2D eigenvalue weighted by atomic mass is 10.1. The first-order valence-electron chi connectivity index (χ1n) is 8.06. The smallest absolute Gasteiger partial charge is 0.240 e. The minimum Gasteiger partial charge on any atom is -0.370 e. The van der Waals surface area contributed by atoms with Crippen LogP contribution in [0.15, 0.2) is 28.9 Å². The molecule has 1 saturated carbocycles. The van der Waals surface area contributed by atoms with Gasteiger partial charge in [-0.15, -0.1) is 0 Å². The van der Waals surface area contributed by atoms with Crippen LogP contribution in [0.3, 0.4) is 0 Å². The van der Waals surface area contributed by atoms with Crippen molar-refractivity contribution in [1.82, 2.24) is 20.0 Å². The van der Waals surface area contributed by atoms with Crippen LogP contribution >= 0.6 is 0 Å². The normalized spacial score (nSPS) is 22.1. The van der Waals surface area contributed by atoms with E-state index in [1.165, 1.54) is 19.3 Å². The quantitative estimate of drug-likeness (QED) is 0.882. The molecular weight excluding hydrogens is 278 g/mol. The first-order valence-corrected chi connectivity index (χ1v) is 8.06. The second kappa shape index (κ2) is 6.04. The molecule has 22 heavy (non-hydrogen) atoms. The number of rotatable bonds is 6. The van der Waals surface area contributed by atoms with Gasteiger partial charge in [0.05, 0.1) is 6.54 Å². The van der Waals surface area contributed by atoms with Gasteiger partial charge < -0.3 is 9.84 Å².